The predicted molar refractivity (Wildman–Crippen MR) is 117 cm³/mol. The highest BCUT2D eigenvalue weighted by Gasteiger charge is 2.30. The summed E-state index contributed by atoms with van der Waals surface area (Å²) in [5.74, 6) is 0.244. The van der Waals surface area contributed by atoms with E-state index in [9.17, 15) is 9.59 Å². The molecular formula is C22H28N4O2S. The van der Waals surface area contributed by atoms with Gasteiger partial charge in [-0.05, 0) is 45.7 Å². The van der Waals surface area contributed by atoms with E-state index in [0.717, 1.165) is 16.5 Å². The maximum Gasteiger partial charge on any atom is 0.237 e. The highest BCUT2D eigenvalue weighted by atomic mass is 32.2. The summed E-state index contributed by atoms with van der Waals surface area (Å²) in [7, 11) is 0. The molecule has 2 heterocycles. The van der Waals surface area contributed by atoms with Gasteiger partial charge in [0.25, 0.3) is 0 Å². The standard InChI is InChI=1S/C22H28N4O2S/c1-14-12-20(27)24-18-10-6-7-11-19(18)25(14)21(28)13-29-22-23-15(2)16(3)26(22)17-8-4-5-9-17/h6-7,10-11,14,17H,4-5,8-9,12-13H2,1-3H3,(H,24,27)/t14-/m1/s1. The molecule has 0 bridgehead atoms. The number of imidazole rings is 1. The molecule has 2 aliphatic rings. The second-order valence-electron chi connectivity index (χ2n) is 8.04. The van der Waals surface area contributed by atoms with E-state index >= 15 is 0 Å². The number of amides is 2. The molecule has 1 N–H and O–H groups in total. The maximum absolute atomic E-state index is 13.3. The highest BCUT2D eigenvalue weighted by molar-refractivity contribution is 7.99. The molecule has 154 valence electrons. The summed E-state index contributed by atoms with van der Waals surface area (Å²) in [6.07, 6.45) is 5.17. The number of thioether (sulfide) groups is 1. The van der Waals surface area contributed by atoms with E-state index in [0.29, 0.717) is 23.9 Å². The van der Waals surface area contributed by atoms with E-state index in [4.69, 9.17) is 4.98 Å². The lowest BCUT2D eigenvalue weighted by Gasteiger charge is -2.27. The van der Waals surface area contributed by atoms with Crippen molar-refractivity contribution in [1.29, 1.82) is 0 Å². The number of rotatable bonds is 4. The fourth-order valence-electron chi connectivity index (χ4n) is 4.45. The van der Waals surface area contributed by atoms with Crippen molar-refractivity contribution in [2.24, 2.45) is 0 Å². The second kappa shape index (κ2) is 8.22. The van der Waals surface area contributed by atoms with Crippen molar-refractivity contribution in [3.63, 3.8) is 0 Å². The molecule has 1 fully saturated rings. The molecule has 0 radical (unpaired) electrons. The van der Waals surface area contributed by atoms with E-state index in [1.165, 1.54) is 43.1 Å². The molecular weight excluding hydrogens is 384 g/mol. The molecule has 1 aliphatic heterocycles. The van der Waals surface area contributed by atoms with Crippen molar-refractivity contribution in [3.8, 4) is 0 Å². The lowest BCUT2D eigenvalue weighted by atomic mass is 10.2. The van der Waals surface area contributed by atoms with E-state index in [1.54, 1.807) is 4.90 Å². The Morgan fingerprint density at radius 3 is 2.72 bits per heavy atom. The van der Waals surface area contributed by atoms with Gasteiger partial charge in [-0.1, -0.05) is 36.7 Å². The minimum Gasteiger partial charge on any atom is -0.324 e. The number of hydrogen-bond acceptors (Lipinski definition) is 4. The molecule has 1 aromatic heterocycles. The molecule has 7 heteroatoms. The summed E-state index contributed by atoms with van der Waals surface area (Å²) in [5.41, 5.74) is 3.70. The van der Waals surface area contributed by atoms with Crippen LogP contribution in [0, 0.1) is 13.8 Å². The van der Waals surface area contributed by atoms with Crippen LogP contribution in [0.5, 0.6) is 0 Å². The first-order valence-corrected chi connectivity index (χ1v) is 11.3. The highest BCUT2D eigenvalue weighted by Crippen LogP contribution is 2.36. The molecule has 29 heavy (non-hydrogen) atoms. The Balaban J connectivity index is 1.56. The average molecular weight is 413 g/mol. The van der Waals surface area contributed by atoms with E-state index in [1.807, 2.05) is 38.1 Å². The van der Waals surface area contributed by atoms with Crippen LogP contribution in [0.15, 0.2) is 29.4 Å². The van der Waals surface area contributed by atoms with Gasteiger partial charge in [0.2, 0.25) is 11.8 Å². The van der Waals surface area contributed by atoms with Gasteiger partial charge in [0.15, 0.2) is 5.16 Å². The molecule has 2 amide bonds. The third-order valence-corrected chi connectivity index (χ3v) is 6.93. The molecule has 1 atom stereocenters. The van der Waals surface area contributed by atoms with Gasteiger partial charge in [0.05, 0.1) is 22.8 Å². The summed E-state index contributed by atoms with van der Waals surface area (Å²) in [5, 5.41) is 3.85. The van der Waals surface area contributed by atoms with Crippen LogP contribution < -0.4 is 10.2 Å². The SMILES string of the molecule is Cc1nc(SCC(=O)N2c3ccccc3NC(=O)C[C@H]2C)n(C2CCCC2)c1C. The summed E-state index contributed by atoms with van der Waals surface area (Å²) in [4.78, 5) is 31.9. The van der Waals surface area contributed by atoms with Crippen molar-refractivity contribution in [3.05, 3.63) is 35.7 Å². The molecule has 4 rings (SSSR count). The number of hydrogen-bond donors (Lipinski definition) is 1. The first-order valence-electron chi connectivity index (χ1n) is 10.3. The lowest BCUT2D eigenvalue weighted by Crippen LogP contribution is -2.40. The van der Waals surface area contributed by atoms with Gasteiger partial charge in [-0.2, -0.15) is 0 Å². The Morgan fingerprint density at radius 1 is 1.24 bits per heavy atom. The summed E-state index contributed by atoms with van der Waals surface area (Å²) < 4.78 is 2.34. The normalized spacial score (nSPS) is 19.8. The first-order chi connectivity index (χ1) is 14.0. The van der Waals surface area contributed by atoms with Crippen molar-refractivity contribution in [1.82, 2.24) is 9.55 Å². The topological polar surface area (TPSA) is 67.2 Å². The lowest BCUT2D eigenvalue weighted by molar-refractivity contribution is -0.117. The largest absolute Gasteiger partial charge is 0.324 e. The van der Waals surface area contributed by atoms with Crippen LogP contribution in [-0.2, 0) is 9.59 Å². The van der Waals surface area contributed by atoms with E-state index < -0.39 is 0 Å². The van der Waals surface area contributed by atoms with Crippen molar-refractivity contribution >= 4 is 35.0 Å². The summed E-state index contributed by atoms with van der Waals surface area (Å²) >= 11 is 1.51. The zero-order chi connectivity index (χ0) is 20.5. The van der Waals surface area contributed by atoms with Gasteiger partial charge in [-0.25, -0.2) is 4.98 Å². The fourth-order valence-corrected chi connectivity index (χ4v) is 5.47. The third kappa shape index (κ3) is 3.92. The number of para-hydroxylation sites is 2. The van der Waals surface area contributed by atoms with Gasteiger partial charge in [0, 0.05) is 24.2 Å². The Hall–Kier alpha value is -2.28. The number of benzene rings is 1. The molecule has 6 nitrogen and oxygen atoms in total. The molecule has 1 aromatic carbocycles. The van der Waals surface area contributed by atoms with Gasteiger partial charge >= 0.3 is 0 Å². The fraction of sp³-hybridized carbons (Fsp3) is 0.500. The van der Waals surface area contributed by atoms with Crippen LogP contribution in [0.2, 0.25) is 0 Å². The average Bonchev–Trinajstić information content (AvgIpc) is 3.26. The Morgan fingerprint density at radius 2 is 1.97 bits per heavy atom. The zero-order valence-electron chi connectivity index (χ0n) is 17.3. The monoisotopic (exact) mass is 412 g/mol. The van der Waals surface area contributed by atoms with Gasteiger partial charge < -0.3 is 14.8 Å². The number of nitrogens with one attached hydrogen (secondary N) is 1. The van der Waals surface area contributed by atoms with Crippen molar-refractivity contribution < 1.29 is 9.59 Å². The number of carbonyl (C=O) groups excluding carboxylic acids is 2. The quantitative estimate of drug-likeness (QED) is 0.753. The molecule has 2 aromatic rings. The molecule has 0 saturated heterocycles. The van der Waals surface area contributed by atoms with Gasteiger partial charge in [-0.3, -0.25) is 9.59 Å². The van der Waals surface area contributed by atoms with E-state index in [2.05, 4.69) is 16.8 Å². The minimum atomic E-state index is -0.190. The first kappa shape index (κ1) is 20.0. The number of nitrogens with zero attached hydrogens (tertiary/aromatic N) is 3. The molecule has 1 aliphatic carbocycles. The van der Waals surface area contributed by atoms with Crippen LogP contribution in [0.25, 0.3) is 0 Å². The minimum absolute atomic E-state index is 0.00253. The predicted octanol–water partition coefficient (Wildman–Crippen LogP) is 4.47. The Bertz CT molecular complexity index is 933. The van der Waals surface area contributed by atoms with Crippen molar-refractivity contribution in [2.75, 3.05) is 16.0 Å². The third-order valence-electron chi connectivity index (χ3n) is 6.00. The smallest absolute Gasteiger partial charge is 0.237 e. The number of fused-ring (bicyclic) bond motifs is 1. The van der Waals surface area contributed by atoms with Gasteiger partial charge in [-0.15, -0.1) is 0 Å². The molecule has 1 saturated carbocycles. The van der Waals surface area contributed by atoms with Crippen LogP contribution in [0.3, 0.4) is 0 Å². The number of anilines is 2. The summed E-state index contributed by atoms with van der Waals surface area (Å²) in [6.45, 7) is 6.09. The van der Waals surface area contributed by atoms with Crippen molar-refractivity contribution in [2.45, 2.75) is 70.1 Å². The summed E-state index contributed by atoms with van der Waals surface area (Å²) in [6, 6.07) is 7.82. The second-order valence-corrected chi connectivity index (χ2v) is 8.99. The molecule has 0 spiro atoms. The number of aryl methyl sites for hydroxylation is 1. The van der Waals surface area contributed by atoms with E-state index in [-0.39, 0.29) is 17.9 Å². The zero-order valence-corrected chi connectivity index (χ0v) is 18.1. The van der Waals surface area contributed by atoms with Crippen LogP contribution in [-0.4, -0.2) is 33.2 Å². The number of carbonyl (C=O) groups is 2. The van der Waals surface area contributed by atoms with Crippen LogP contribution in [0.4, 0.5) is 11.4 Å². The molecule has 0 unspecified atom stereocenters. The van der Waals surface area contributed by atoms with Crippen LogP contribution >= 0.6 is 11.8 Å². The Labute approximate surface area is 176 Å². The van der Waals surface area contributed by atoms with Crippen LogP contribution in [0.1, 0.15) is 56.5 Å². The van der Waals surface area contributed by atoms with Gasteiger partial charge in [0.1, 0.15) is 0 Å². The Kier molecular flexibility index (Phi) is 5.67. The maximum atomic E-state index is 13.3. The number of aromatic nitrogens is 2.